The molecule has 1 fully saturated rings. The number of aliphatic hydroxyl groups is 1. The molecule has 0 radical (unpaired) electrons. The van der Waals surface area contributed by atoms with Crippen LogP contribution in [-0.4, -0.2) is 14.9 Å². The quantitative estimate of drug-likeness (QED) is 0.894. The number of hydrogen-bond donors (Lipinski definition) is 1. The van der Waals surface area contributed by atoms with Crippen molar-refractivity contribution in [3.05, 3.63) is 18.0 Å². The SMILES string of the molecule is CCn1cc(C2(O)CC(C)CCC2C(C)C)cn1. The molecule has 1 aromatic rings. The fourth-order valence-electron chi connectivity index (χ4n) is 3.46. The fourth-order valence-corrected chi connectivity index (χ4v) is 3.46. The maximum absolute atomic E-state index is 11.2. The van der Waals surface area contributed by atoms with Crippen LogP contribution in [0.25, 0.3) is 0 Å². The van der Waals surface area contributed by atoms with Crippen molar-refractivity contribution < 1.29 is 5.11 Å². The van der Waals surface area contributed by atoms with Gasteiger partial charge in [0.15, 0.2) is 0 Å². The Kier molecular flexibility index (Phi) is 3.81. The summed E-state index contributed by atoms with van der Waals surface area (Å²) in [4.78, 5) is 0. The minimum atomic E-state index is -0.681. The zero-order valence-electron chi connectivity index (χ0n) is 12.1. The van der Waals surface area contributed by atoms with Gasteiger partial charge in [0.25, 0.3) is 0 Å². The Hall–Kier alpha value is -0.830. The van der Waals surface area contributed by atoms with Gasteiger partial charge in [-0.15, -0.1) is 0 Å². The predicted octanol–water partition coefficient (Wildman–Crippen LogP) is 3.18. The minimum Gasteiger partial charge on any atom is -0.385 e. The molecule has 0 spiro atoms. The molecule has 0 bridgehead atoms. The van der Waals surface area contributed by atoms with Crippen LogP contribution in [0.1, 0.15) is 52.5 Å². The van der Waals surface area contributed by atoms with E-state index in [-0.39, 0.29) is 0 Å². The van der Waals surface area contributed by atoms with Gasteiger partial charge in [-0.05, 0) is 37.5 Å². The summed E-state index contributed by atoms with van der Waals surface area (Å²) in [5.41, 5.74) is 0.328. The van der Waals surface area contributed by atoms with Gasteiger partial charge in [0.2, 0.25) is 0 Å². The van der Waals surface area contributed by atoms with Crippen molar-refractivity contribution in [1.29, 1.82) is 0 Å². The van der Waals surface area contributed by atoms with Gasteiger partial charge in [-0.2, -0.15) is 5.10 Å². The summed E-state index contributed by atoms with van der Waals surface area (Å²) in [5.74, 6) is 1.45. The molecule has 3 heteroatoms. The summed E-state index contributed by atoms with van der Waals surface area (Å²) in [7, 11) is 0. The van der Waals surface area contributed by atoms with Gasteiger partial charge in [-0.3, -0.25) is 4.68 Å². The topological polar surface area (TPSA) is 38.0 Å². The lowest BCUT2D eigenvalue weighted by atomic mass is 9.65. The molecular weight excluding hydrogens is 224 g/mol. The molecule has 0 saturated heterocycles. The predicted molar refractivity (Wildman–Crippen MR) is 73.1 cm³/mol. The maximum atomic E-state index is 11.2. The second kappa shape index (κ2) is 5.04. The van der Waals surface area contributed by atoms with Gasteiger partial charge < -0.3 is 5.11 Å². The lowest BCUT2D eigenvalue weighted by molar-refractivity contribution is -0.0866. The van der Waals surface area contributed by atoms with Gasteiger partial charge in [0, 0.05) is 18.3 Å². The van der Waals surface area contributed by atoms with Crippen molar-refractivity contribution >= 4 is 0 Å². The molecule has 3 atom stereocenters. The largest absolute Gasteiger partial charge is 0.385 e. The lowest BCUT2D eigenvalue weighted by Crippen LogP contribution is -2.42. The van der Waals surface area contributed by atoms with E-state index in [1.807, 2.05) is 17.1 Å². The van der Waals surface area contributed by atoms with Crippen LogP contribution < -0.4 is 0 Å². The first-order valence-electron chi connectivity index (χ1n) is 7.22. The molecule has 1 heterocycles. The van der Waals surface area contributed by atoms with Crippen molar-refractivity contribution in [2.24, 2.45) is 17.8 Å². The molecule has 2 rings (SSSR count). The van der Waals surface area contributed by atoms with Crippen LogP contribution in [0.2, 0.25) is 0 Å². The van der Waals surface area contributed by atoms with Gasteiger partial charge in [0.1, 0.15) is 0 Å². The third-order valence-electron chi connectivity index (χ3n) is 4.51. The highest BCUT2D eigenvalue weighted by molar-refractivity contribution is 5.18. The monoisotopic (exact) mass is 250 g/mol. The summed E-state index contributed by atoms with van der Waals surface area (Å²) < 4.78 is 1.91. The van der Waals surface area contributed by atoms with Crippen LogP contribution in [0.5, 0.6) is 0 Å². The van der Waals surface area contributed by atoms with E-state index in [1.165, 1.54) is 6.42 Å². The Morgan fingerprint density at radius 2 is 2.22 bits per heavy atom. The summed E-state index contributed by atoms with van der Waals surface area (Å²) >= 11 is 0. The number of hydrogen-bond acceptors (Lipinski definition) is 2. The molecule has 0 amide bonds. The first-order valence-corrected chi connectivity index (χ1v) is 7.22. The van der Waals surface area contributed by atoms with E-state index >= 15 is 0 Å². The molecule has 3 unspecified atom stereocenters. The Morgan fingerprint density at radius 1 is 1.50 bits per heavy atom. The number of aromatic nitrogens is 2. The molecule has 102 valence electrons. The third-order valence-corrected chi connectivity index (χ3v) is 4.51. The maximum Gasteiger partial charge on any atom is 0.0959 e. The van der Waals surface area contributed by atoms with E-state index in [1.54, 1.807) is 0 Å². The summed E-state index contributed by atoms with van der Waals surface area (Å²) in [6, 6.07) is 0. The second-order valence-corrected chi connectivity index (χ2v) is 6.25. The summed E-state index contributed by atoms with van der Waals surface area (Å²) in [6.07, 6.45) is 7.09. The molecule has 0 aliphatic heterocycles. The molecule has 1 aromatic heterocycles. The molecule has 18 heavy (non-hydrogen) atoms. The van der Waals surface area contributed by atoms with Crippen LogP contribution in [0.15, 0.2) is 12.4 Å². The average Bonchev–Trinajstić information content (AvgIpc) is 2.77. The second-order valence-electron chi connectivity index (χ2n) is 6.25. The number of rotatable bonds is 3. The van der Waals surface area contributed by atoms with E-state index in [4.69, 9.17) is 0 Å². The summed E-state index contributed by atoms with van der Waals surface area (Å²) in [6.45, 7) is 9.61. The Bertz CT molecular complexity index is 399. The van der Waals surface area contributed by atoms with Crippen LogP contribution in [-0.2, 0) is 12.1 Å². The van der Waals surface area contributed by atoms with Crippen molar-refractivity contribution in [3.63, 3.8) is 0 Å². The van der Waals surface area contributed by atoms with E-state index in [0.717, 1.165) is 24.9 Å². The van der Waals surface area contributed by atoms with Gasteiger partial charge in [-0.1, -0.05) is 27.2 Å². The van der Waals surface area contributed by atoms with Crippen LogP contribution in [0.3, 0.4) is 0 Å². The molecule has 1 aliphatic carbocycles. The Balaban J connectivity index is 2.33. The van der Waals surface area contributed by atoms with E-state index in [2.05, 4.69) is 32.8 Å². The highest BCUT2D eigenvalue weighted by Crippen LogP contribution is 2.46. The van der Waals surface area contributed by atoms with Crippen molar-refractivity contribution in [1.82, 2.24) is 9.78 Å². The van der Waals surface area contributed by atoms with Gasteiger partial charge >= 0.3 is 0 Å². The highest BCUT2D eigenvalue weighted by Gasteiger charge is 2.44. The zero-order valence-corrected chi connectivity index (χ0v) is 12.1. The average molecular weight is 250 g/mol. The normalized spacial score (nSPS) is 33.0. The molecular formula is C15H26N2O. The Morgan fingerprint density at radius 3 is 2.78 bits per heavy atom. The third kappa shape index (κ3) is 2.33. The number of nitrogens with zero attached hydrogens (tertiary/aromatic N) is 2. The fraction of sp³-hybridized carbons (Fsp3) is 0.800. The van der Waals surface area contributed by atoms with E-state index in [9.17, 15) is 5.11 Å². The van der Waals surface area contributed by atoms with E-state index < -0.39 is 5.60 Å². The van der Waals surface area contributed by atoms with Crippen LogP contribution in [0, 0.1) is 17.8 Å². The lowest BCUT2D eigenvalue weighted by Gasteiger charge is -2.44. The smallest absolute Gasteiger partial charge is 0.0959 e. The van der Waals surface area contributed by atoms with Crippen LogP contribution in [0.4, 0.5) is 0 Å². The number of aryl methyl sites for hydroxylation is 1. The molecule has 1 N–H and O–H groups in total. The Labute approximate surface area is 110 Å². The zero-order chi connectivity index (χ0) is 13.3. The highest BCUT2D eigenvalue weighted by atomic mass is 16.3. The molecule has 3 nitrogen and oxygen atoms in total. The van der Waals surface area contributed by atoms with Gasteiger partial charge in [0.05, 0.1) is 11.8 Å². The molecule has 1 aliphatic rings. The standard InChI is InChI=1S/C15H26N2O/c1-5-17-10-13(9-16-17)15(18)8-12(4)6-7-14(15)11(2)3/h9-12,14,18H,5-8H2,1-4H3. The first kappa shape index (κ1) is 13.6. The minimum absolute atomic E-state index is 0.350. The van der Waals surface area contributed by atoms with Crippen molar-refractivity contribution in [2.75, 3.05) is 0 Å². The molecule has 1 saturated carbocycles. The van der Waals surface area contributed by atoms with Crippen molar-refractivity contribution in [2.45, 2.75) is 59.1 Å². The van der Waals surface area contributed by atoms with Crippen LogP contribution >= 0.6 is 0 Å². The van der Waals surface area contributed by atoms with Gasteiger partial charge in [-0.25, -0.2) is 0 Å². The summed E-state index contributed by atoms with van der Waals surface area (Å²) in [5, 5.41) is 15.5. The first-order chi connectivity index (χ1) is 8.47. The molecule has 0 aromatic carbocycles. The van der Waals surface area contributed by atoms with E-state index in [0.29, 0.717) is 17.8 Å². The van der Waals surface area contributed by atoms with Crippen molar-refractivity contribution in [3.8, 4) is 0 Å².